The van der Waals surface area contributed by atoms with E-state index in [0.29, 0.717) is 0 Å². The zero-order valence-electron chi connectivity index (χ0n) is 12.4. The van der Waals surface area contributed by atoms with E-state index in [9.17, 15) is 19.2 Å². The average Bonchev–Trinajstić information content (AvgIpc) is 2.55. The Hall–Kier alpha value is -2.90. The van der Waals surface area contributed by atoms with Crippen LogP contribution in [0, 0.1) is 0 Å². The first-order valence-electron chi connectivity index (χ1n) is 7.19. The fourth-order valence-corrected chi connectivity index (χ4v) is 2.08. The monoisotopic (exact) mass is 318 g/mol. The molecule has 8 nitrogen and oxygen atoms in total. The highest BCUT2D eigenvalue weighted by atomic mass is 16.2. The summed E-state index contributed by atoms with van der Waals surface area (Å²) in [5, 5.41) is 9.75. The lowest BCUT2D eigenvalue weighted by Gasteiger charge is -2.19. The highest BCUT2D eigenvalue weighted by Gasteiger charge is 2.22. The summed E-state index contributed by atoms with van der Waals surface area (Å²) in [5.41, 5.74) is 0.869. The van der Waals surface area contributed by atoms with E-state index in [1.807, 2.05) is 30.3 Å². The van der Waals surface area contributed by atoms with Crippen LogP contribution in [0.5, 0.6) is 0 Å². The van der Waals surface area contributed by atoms with Crippen LogP contribution in [0.4, 0.5) is 0 Å². The minimum absolute atomic E-state index is 0.241. The van der Waals surface area contributed by atoms with Crippen molar-refractivity contribution in [3.8, 4) is 0 Å². The van der Waals surface area contributed by atoms with Gasteiger partial charge in [-0.15, -0.1) is 0 Å². The third-order valence-corrected chi connectivity index (χ3v) is 3.25. The molecule has 0 aromatic heterocycles. The van der Waals surface area contributed by atoms with Crippen LogP contribution in [0.1, 0.15) is 5.56 Å². The van der Waals surface area contributed by atoms with Crippen molar-refractivity contribution in [1.29, 1.82) is 0 Å². The number of hydrogen-bond donors (Lipinski definition) is 4. The Bertz CT molecular complexity index is 603. The van der Waals surface area contributed by atoms with E-state index in [-0.39, 0.29) is 26.1 Å². The Labute approximate surface area is 133 Å². The van der Waals surface area contributed by atoms with Gasteiger partial charge in [0.1, 0.15) is 6.04 Å². The number of rotatable bonds is 2. The van der Waals surface area contributed by atoms with Gasteiger partial charge < -0.3 is 21.3 Å². The van der Waals surface area contributed by atoms with Crippen LogP contribution in [-0.4, -0.2) is 49.3 Å². The molecule has 0 aliphatic carbocycles. The Morgan fingerprint density at radius 3 is 2.00 bits per heavy atom. The van der Waals surface area contributed by atoms with Crippen molar-refractivity contribution in [3.63, 3.8) is 0 Å². The van der Waals surface area contributed by atoms with Crippen LogP contribution in [0.25, 0.3) is 0 Å². The lowest BCUT2D eigenvalue weighted by molar-refractivity contribution is -0.132. The molecule has 0 radical (unpaired) electrons. The Morgan fingerprint density at radius 1 is 0.783 bits per heavy atom. The van der Waals surface area contributed by atoms with Crippen LogP contribution in [0.2, 0.25) is 0 Å². The number of benzene rings is 1. The van der Waals surface area contributed by atoms with Gasteiger partial charge in [-0.3, -0.25) is 19.2 Å². The number of amides is 4. The topological polar surface area (TPSA) is 116 Å². The third-order valence-electron chi connectivity index (χ3n) is 3.25. The van der Waals surface area contributed by atoms with Gasteiger partial charge >= 0.3 is 0 Å². The highest BCUT2D eigenvalue weighted by molar-refractivity contribution is 5.94. The van der Waals surface area contributed by atoms with Gasteiger partial charge in [-0.2, -0.15) is 0 Å². The second-order valence-electron chi connectivity index (χ2n) is 5.08. The van der Waals surface area contributed by atoms with Gasteiger partial charge in [-0.1, -0.05) is 30.3 Å². The zero-order chi connectivity index (χ0) is 16.7. The van der Waals surface area contributed by atoms with Gasteiger partial charge in [0.25, 0.3) is 0 Å². The smallest absolute Gasteiger partial charge is 0.243 e. The maximum atomic E-state index is 12.2. The molecular weight excluding hydrogens is 300 g/mol. The fourth-order valence-electron chi connectivity index (χ4n) is 2.08. The summed E-state index contributed by atoms with van der Waals surface area (Å²) in [7, 11) is 0. The second kappa shape index (κ2) is 7.92. The summed E-state index contributed by atoms with van der Waals surface area (Å²) in [6.07, 6.45) is 0.286. The van der Waals surface area contributed by atoms with E-state index < -0.39 is 29.7 Å². The molecule has 1 aromatic rings. The van der Waals surface area contributed by atoms with Gasteiger partial charge in [0, 0.05) is 6.42 Å². The molecule has 0 saturated carbocycles. The van der Waals surface area contributed by atoms with Crippen molar-refractivity contribution < 1.29 is 19.2 Å². The van der Waals surface area contributed by atoms with Crippen LogP contribution < -0.4 is 21.3 Å². The van der Waals surface area contributed by atoms with E-state index in [1.54, 1.807) is 0 Å². The molecule has 0 spiro atoms. The molecule has 1 aliphatic rings. The van der Waals surface area contributed by atoms with E-state index >= 15 is 0 Å². The van der Waals surface area contributed by atoms with Gasteiger partial charge in [0.15, 0.2) is 0 Å². The van der Waals surface area contributed by atoms with Crippen molar-refractivity contribution in [2.75, 3.05) is 19.6 Å². The molecule has 0 bridgehead atoms. The van der Waals surface area contributed by atoms with Gasteiger partial charge in [0.2, 0.25) is 23.6 Å². The van der Waals surface area contributed by atoms with Crippen molar-refractivity contribution in [2.45, 2.75) is 12.5 Å². The SMILES string of the molecule is O=C1CNC(=O)CNC(=O)C(Cc2ccccc2)NC(=O)CN1. The molecule has 122 valence electrons. The van der Waals surface area contributed by atoms with E-state index in [2.05, 4.69) is 21.3 Å². The summed E-state index contributed by atoms with van der Waals surface area (Å²) >= 11 is 0. The molecule has 1 saturated heterocycles. The van der Waals surface area contributed by atoms with Crippen molar-refractivity contribution in [1.82, 2.24) is 21.3 Å². The number of carbonyl (C=O) groups is 4. The van der Waals surface area contributed by atoms with Crippen LogP contribution >= 0.6 is 0 Å². The maximum Gasteiger partial charge on any atom is 0.243 e. The van der Waals surface area contributed by atoms with Crippen LogP contribution in [-0.2, 0) is 25.6 Å². The zero-order valence-corrected chi connectivity index (χ0v) is 12.4. The third kappa shape index (κ3) is 5.42. The second-order valence-corrected chi connectivity index (χ2v) is 5.08. The normalized spacial score (nSPS) is 20.3. The van der Waals surface area contributed by atoms with Crippen LogP contribution in [0.15, 0.2) is 30.3 Å². The van der Waals surface area contributed by atoms with Crippen molar-refractivity contribution >= 4 is 23.6 Å². The quantitative estimate of drug-likeness (QED) is 0.508. The number of nitrogens with one attached hydrogen (secondary N) is 4. The van der Waals surface area contributed by atoms with E-state index in [0.717, 1.165) is 5.56 Å². The Kier molecular flexibility index (Phi) is 5.67. The molecule has 4 amide bonds. The summed E-state index contributed by atoms with van der Waals surface area (Å²) in [6, 6.07) is 8.36. The van der Waals surface area contributed by atoms with Gasteiger partial charge in [-0.05, 0) is 5.56 Å². The van der Waals surface area contributed by atoms with E-state index in [1.165, 1.54) is 0 Å². The molecular formula is C15H18N4O4. The predicted octanol–water partition coefficient (Wildman–Crippen LogP) is -1.92. The molecule has 1 unspecified atom stereocenters. The summed E-state index contributed by atoms with van der Waals surface area (Å²) in [5.74, 6) is -1.87. The first-order valence-corrected chi connectivity index (χ1v) is 7.19. The lowest BCUT2D eigenvalue weighted by atomic mass is 10.1. The summed E-state index contributed by atoms with van der Waals surface area (Å²) in [4.78, 5) is 47.0. The number of carbonyl (C=O) groups excluding carboxylic acids is 4. The van der Waals surface area contributed by atoms with Gasteiger partial charge in [-0.25, -0.2) is 0 Å². The Morgan fingerprint density at radius 2 is 1.35 bits per heavy atom. The molecule has 1 aromatic carbocycles. The molecule has 23 heavy (non-hydrogen) atoms. The summed E-state index contributed by atoms with van der Waals surface area (Å²) < 4.78 is 0. The predicted molar refractivity (Wildman–Crippen MR) is 81.1 cm³/mol. The standard InChI is InChI=1S/C15H18N4O4/c20-12-7-16-13(21)8-18-15(23)11(19-14(22)9-17-12)6-10-4-2-1-3-5-10/h1-5,11H,6-9H2,(H,16,21)(H,17,20)(H,18,23)(H,19,22). The molecule has 8 heteroatoms. The summed E-state index contributed by atoms with van der Waals surface area (Å²) in [6.45, 7) is -0.754. The minimum atomic E-state index is -0.825. The fraction of sp³-hybridized carbons (Fsp3) is 0.333. The Balaban J connectivity index is 2.09. The van der Waals surface area contributed by atoms with Crippen molar-refractivity contribution in [2.24, 2.45) is 0 Å². The van der Waals surface area contributed by atoms with E-state index in [4.69, 9.17) is 0 Å². The maximum absolute atomic E-state index is 12.2. The molecule has 2 rings (SSSR count). The number of hydrogen-bond acceptors (Lipinski definition) is 4. The average molecular weight is 318 g/mol. The highest BCUT2D eigenvalue weighted by Crippen LogP contribution is 2.03. The minimum Gasteiger partial charge on any atom is -0.346 e. The van der Waals surface area contributed by atoms with Crippen molar-refractivity contribution in [3.05, 3.63) is 35.9 Å². The molecule has 1 heterocycles. The largest absolute Gasteiger partial charge is 0.346 e. The first-order chi connectivity index (χ1) is 11.0. The lowest BCUT2D eigenvalue weighted by Crippen LogP contribution is -2.54. The molecule has 1 atom stereocenters. The first kappa shape index (κ1) is 16.5. The molecule has 1 aliphatic heterocycles. The molecule has 4 N–H and O–H groups in total. The van der Waals surface area contributed by atoms with Gasteiger partial charge in [0.05, 0.1) is 19.6 Å². The molecule has 1 fully saturated rings. The van der Waals surface area contributed by atoms with Crippen LogP contribution in [0.3, 0.4) is 0 Å².